The standard InChI is InChI=1S/C14H19NO/c1-15-9-13(10-15)12-4-2-3-11(7-12)8-14(16)5-6-14/h2-4,7,13,16H,5-6,8-10H2,1H3. The van der Waals surface area contributed by atoms with Crippen molar-refractivity contribution >= 4 is 0 Å². The zero-order chi connectivity index (χ0) is 11.2. The average molecular weight is 217 g/mol. The van der Waals surface area contributed by atoms with E-state index in [1.165, 1.54) is 24.2 Å². The highest BCUT2D eigenvalue weighted by Gasteiger charge is 2.40. The maximum absolute atomic E-state index is 9.92. The molecule has 1 N–H and O–H groups in total. The van der Waals surface area contributed by atoms with Gasteiger partial charge >= 0.3 is 0 Å². The zero-order valence-electron chi connectivity index (χ0n) is 9.82. The lowest BCUT2D eigenvalue weighted by atomic mass is 9.90. The van der Waals surface area contributed by atoms with Gasteiger partial charge in [0.2, 0.25) is 0 Å². The fourth-order valence-corrected chi connectivity index (χ4v) is 2.57. The van der Waals surface area contributed by atoms with Crippen LogP contribution in [0.2, 0.25) is 0 Å². The first-order valence-electron chi connectivity index (χ1n) is 6.14. The van der Waals surface area contributed by atoms with Gasteiger partial charge in [0, 0.05) is 25.4 Å². The van der Waals surface area contributed by atoms with E-state index in [9.17, 15) is 5.11 Å². The van der Waals surface area contributed by atoms with Gasteiger partial charge in [-0.1, -0.05) is 24.3 Å². The first-order chi connectivity index (χ1) is 7.65. The molecule has 0 atom stereocenters. The second-order valence-corrected chi connectivity index (χ2v) is 5.56. The molecule has 1 heterocycles. The Labute approximate surface area is 96.9 Å². The Morgan fingerprint density at radius 2 is 2.12 bits per heavy atom. The lowest BCUT2D eigenvalue weighted by Crippen LogP contribution is -2.41. The second-order valence-electron chi connectivity index (χ2n) is 5.56. The fraction of sp³-hybridized carbons (Fsp3) is 0.571. The van der Waals surface area contributed by atoms with Gasteiger partial charge in [0.25, 0.3) is 0 Å². The average Bonchev–Trinajstić information content (AvgIpc) is 2.92. The van der Waals surface area contributed by atoms with Crippen LogP contribution in [0, 0.1) is 0 Å². The molecule has 1 aromatic carbocycles. The van der Waals surface area contributed by atoms with Crippen LogP contribution in [0.1, 0.15) is 29.9 Å². The zero-order valence-corrected chi connectivity index (χ0v) is 9.82. The van der Waals surface area contributed by atoms with Gasteiger partial charge in [-0.25, -0.2) is 0 Å². The summed E-state index contributed by atoms with van der Waals surface area (Å²) in [5.74, 6) is 0.707. The smallest absolute Gasteiger partial charge is 0.0690 e. The minimum atomic E-state index is -0.366. The van der Waals surface area contributed by atoms with Crippen molar-refractivity contribution in [3.05, 3.63) is 35.4 Å². The van der Waals surface area contributed by atoms with Gasteiger partial charge in [-0.15, -0.1) is 0 Å². The molecule has 2 fully saturated rings. The molecule has 0 amide bonds. The number of hydrogen-bond acceptors (Lipinski definition) is 2. The number of likely N-dealkylation sites (N-methyl/N-ethyl adjacent to an activating group) is 1. The molecule has 0 radical (unpaired) electrons. The molecule has 1 aliphatic carbocycles. The number of aliphatic hydroxyl groups is 1. The Bertz CT molecular complexity index is 391. The van der Waals surface area contributed by atoms with E-state index in [1.807, 2.05) is 0 Å². The Kier molecular flexibility index (Phi) is 2.30. The number of rotatable bonds is 3. The molecule has 0 spiro atoms. The third-order valence-corrected chi connectivity index (χ3v) is 3.85. The van der Waals surface area contributed by atoms with Crippen molar-refractivity contribution in [1.29, 1.82) is 0 Å². The summed E-state index contributed by atoms with van der Waals surface area (Å²) in [5.41, 5.74) is 2.38. The topological polar surface area (TPSA) is 23.5 Å². The van der Waals surface area contributed by atoms with Crippen LogP contribution in [0.5, 0.6) is 0 Å². The van der Waals surface area contributed by atoms with Crippen molar-refractivity contribution in [2.24, 2.45) is 0 Å². The van der Waals surface area contributed by atoms with Gasteiger partial charge in [-0.3, -0.25) is 0 Å². The number of likely N-dealkylation sites (tertiary alicyclic amines) is 1. The minimum absolute atomic E-state index is 0.366. The highest BCUT2D eigenvalue weighted by atomic mass is 16.3. The molecule has 0 bridgehead atoms. The van der Waals surface area contributed by atoms with Crippen molar-refractivity contribution < 1.29 is 5.11 Å². The van der Waals surface area contributed by atoms with Crippen LogP contribution in [0.4, 0.5) is 0 Å². The van der Waals surface area contributed by atoms with Gasteiger partial charge in [0.15, 0.2) is 0 Å². The summed E-state index contributed by atoms with van der Waals surface area (Å²) in [7, 11) is 2.16. The van der Waals surface area contributed by atoms with Gasteiger partial charge in [-0.05, 0) is 31.0 Å². The molecule has 2 nitrogen and oxygen atoms in total. The molecule has 1 aliphatic heterocycles. The van der Waals surface area contributed by atoms with Crippen molar-refractivity contribution in [3.8, 4) is 0 Å². The molecule has 3 rings (SSSR count). The van der Waals surface area contributed by atoms with Gasteiger partial charge < -0.3 is 10.0 Å². The highest BCUT2D eigenvalue weighted by molar-refractivity contribution is 5.30. The molecule has 1 saturated heterocycles. The molecule has 1 saturated carbocycles. The lowest BCUT2D eigenvalue weighted by Gasteiger charge is -2.36. The molecule has 16 heavy (non-hydrogen) atoms. The fourth-order valence-electron chi connectivity index (χ4n) is 2.57. The van der Waals surface area contributed by atoms with Crippen LogP contribution in [-0.4, -0.2) is 35.7 Å². The molecule has 2 heteroatoms. The minimum Gasteiger partial charge on any atom is -0.390 e. The Hall–Kier alpha value is -0.860. The first-order valence-corrected chi connectivity index (χ1v) is 6.14. The van der Waals surface area contributed by atoms with E-state index in [4.69, 9.17) is 0 Å². The van der Waals surface area contributed by atoms with Crippen LogP contribution in [-0.2, 0) is 6.42 Å². The predicted octanol–water partition coefficient (Wildman–Crippen LogP) is 1.78. The Morgan fingerprint density at radius 3 is 2.75 bits per heavy atom. The van der Waals surface area contributed by atoms with Gasteiger partial charge in [0.05, 0.1) is 5.60 Å². The molecule has 0 unspecified atom stereocenters. The quantitative estimate of drug-likeness (QED) is 0.834. The van der Waals surface area contributed by atoms with Crippen LogP contribution in [0.25, 0.3) is 0 Å². The SMILES string of the molecule is CN1CC(c2cccc(CC3(O)CC3)c2)C1. The maximum atomic E-state index is 9.92. The second kappa shape index (κ2) is 3.57. The van der Waals surface area contributed by atoms with Crippen LogP contribution >= 0.6 is 0 Å². The van der Waals surface area contributed by atoms with E-state index in [2.05, 4.69) is 36.2 Å². The summed E-state index contributed by atoms with van der Waals surface area (Å²) in [4.78, 5) is 2.34. The lowest BCUT2D eigenvalue weighted by molar-refractivity contribution is 0.151. The molecular formula is C14H19NO. The Balaban J connectivity index is 1.72. The van der Waals surface area contributed by atoms with Crippen molar-refractivity contribution in [3.63, 3.8) is 0 Å². The highest BCUT2D eigenvalue weighted by Crippen LogP contribution is 2.38. The third-order valence-electron chi connectivity index (χ3n) is 3.85. The number of nitrogens with zero attached hydrogens (tertiary/aromatic N) is 1. The normalized spacial score (nSPS) is 24.1. The van der Waals surface area contributed by atoms with Crippen molar-refractivity contribution in [2.75, 3.05) is 20.1 Å². The van der Waals surface area contributed by atoms with Crippen LogP contribution in [0.3, 0.4) is 0 Å². The molecule has 86 valence electrons. The third kappa shape index (κ3) is 2.00. The largest absolute Gasteiger partial charge is 0.390 e. The molecular weight excluding hydrogens is 198 g/mol. The van der Waals surface area contributed by atoms with E-state index in [0.29, 0.717) is 5.92 Å². The molecule has 0 aromatic heterocycles. The van der Waals surface area contributed by atoms with Crippen LogP contribution < -0.4 is 0 Å². The first kappa shape index (κ1) is 10.3. The molecule has 1 aromatic rings. The van der Waals surface area contributed by atoms with E-state index in [1.54, 1.807) is 0 Å². The van der Waals surface area contributed by atoms with Crippen molar-refractivity contribution in [2.45, 2.75) is 30.8 Å². The van der Waals surface area contributed by atoms with Gasteiger partial charge in [0.1, 0.15) is 0 Å². The summed E-state index contributed by atoms with van der Waals surface area (Å²) >= 11 is 0. The van der Waals surface area contributed by atoms with E-state index in [0.717, 1.165) is 19.3 Å². The summed E-state index contributed by atoms with van der Waals surface area (Å²) < 4.78 is 0. The van der Waals surface area contributed by atoms with Crippen molar-refractivity contribution in [1.82, 2.24) is 4.90 Å². The van der Waals surface area contributed by atoms with Crippen LogP contribution in [0.15, 0.2) is 24.3 Å². The maximum Gasteiger partial charge on any atom is 0.0690 e. The van der Waals surface area contributed by atoms with E-state index >= 15 is 0 Å². The number of benzene rings is 1. The summed E-state index contributed by atoms with van der Waals surface area (Å²) in [5, 5.41) is 9.92. The van der Waals surface area contributed by atoms with E-state index < -0.39 is 0 Å². The van der Waals surface area contributed by atoms with Gasteiger partial charge in [-0.2, -0.15) is 0 Å². The molecule has 2 aliphatic rings. The Morgan fingerprint density at radius 1 is 1.38 bits per heavy atom. The summed E-state index contributed by atoms with van der Waals surface area (Å²) in [6.45, 7) is 2.35. The predicted molar refractivity (Wildman–Crippen MR) is 64.6 cm³/mol. The van der Waals surface area contributed by atoms with E-state index in [-0.39, 0.29) is 5.60 Å². The summed E-state index contributed by atoms with van der Waals surface area (Å²) in [6.07, 6.45) is 2.79. The monoisotopic (exact) mass is 217 g/mol. The number of hydrogen-bond donors (Lipinski definition) is 1. The summed E-state index contributed by atoms with van der Waals surface area (Å²) in [6, 6.07) is 8.78.